The molecule has 0 heterocycles. The summed E-state index contributed by atoms with van der Waals surface area (Å²) in [4.78, 5) is 0. The van der Waals surface area contributed by atoms with Gasteiger partial charge in [-0.05, 0) is 76.7 Å². The summed E-state index contributed by atoms with van der Waals surface area (Å²) in [6.07, 6.45) is 21.0. The van der Waals surface area contributed by atoms with Crippen LogP contribution in [0.2, 0.25) is 0 Å². The molecule has 0 amide bonds. The fourth-order valence-electron chi connectivity index (χ4n) is 1.39. The number of hydrogen-bond acceptors (Lipinski definition) is 1. The van der Waals surface area contributed by atoms with E-state index >= 15 is 0 Å². The van der Waals surface area contributed by atoms with Gasteiger partial charge in [-0.2, -0.15) is 0 Å². The quantitative estimate of drug-likeness (QED) is 0.599. The van der Waals surface area contributed by atoms with Crippen molar-refractivity contribution in [2.75, 3.05) is 13.1 Å². The van der Waals surface area contributed by atoms with E-state index in [4.69, 9.17) is 0 Å². The van der Waals surface area contributed by atoms with Crippen LogP contribution in [0.5, 0.6) is 0 Å². The third kappa shape index (κ3) is 10.1. The molecule has 0 spiro atoms. The first-order chi connectivity index (χ1) is 7.93. The Morgan fingerprint density at radius 3 is 1.88 bits per heavy atom. The molecule has 92 valence electrons. The molecule has 1 nitrogen and oxygen atoms in total. The van der Waals surface area contributed by atoms with Crippen LogP contribution in [0, 0.1) is 63.7 Å². The van der Waals surface area contributed by atoms with Crippen LogP contribution in [-0.4, -0.2) is 13.1 Å². The second-order valence-corrected chi connectivity index (χ2v) is 3.79. The second-order valence-electron chi connectivity index (χ2n) is 3.79. The van der Waals surface area contributed by atoms with Gasteiger partial charge in [-0.25, -0.2) is 0 Å². The van der Waals surface area contributed by atoms with Crippen LogP contribution in [0.4, 0.5) is 0 Å². The van der Waals surface area contributed by atoms with Gasteiger partial charge in [-0.1, -0.05) is 13.3 Å². The normalized spacial score (nSPS) is 19.6. The van der Waals surface area contributed by atoms with Crippen LogP contribution in [-0.2, 0) is 17.1 Å². The summed E-state index contributed by atoms with van der Waals surface area (Å²) in [6.45, 7) is 4.37. The van der Waals surface area contributed by atoms with Crippen molar-refractivity contribution in [2.45, 2.75) is 19.8 Å². The third-order valence-corrected chi connectivity index (χ3v) is 2.32. The SMILES string of the molecule is CCCCNC[C]1[CH][CH][CH][CH]1.[CH]1[CH][CH][CH][CH]1.[Fe+2]. The van der Waals surface area contributed by atoms with E-state index in [1.54, 1.807) is 0 Å². The maximum Gasteiger partial charge on any atom is 2.00 e. The predicted octanol–water partition coefficient (Wildman–Crippen LogP) is 2.80. The summed E-state index contributed by atoms with van der Waals surface area (Å²) in [5, 5.41) is 3.39. The van der Waals surface area contributed by atoms with Crippen molar-refractivity contribution < 1.29 is 17.1 Å². The molecule has 2 aliphatic rings. The number of unbranched alkanes of at least 4 members (excludes halogenated alkanes) is 1. The van der Waals surface area contributed by atoms with Crippen LogP contribution in [0.3, 0.4) is 0 Å². The molecule has 0 bridgehead atoms. The first kappa shape index (κ1) is 17.5. The Labute approximate surface area is 119 Å². The maximum atomic E-state index is 3.39. The molecule has 2 aliphatic carbocycles. The smallest absolute Gasteiger partial charge is 0.316 e. The van der Waals surface area contributed by atoms with Gasteiger partial charge in [0.2, 0.25) is 0 Å². The fourth-order valence-corrected chi connectivity index (χ4v) is 1.39. The van der Waals surface area contributed by atoms with Crippen LogP contribution < -0.4 is 5.32 Å². The van der Waals surface area contributed by atoms with E-state index < -0.39 is 0 Å². The molecule has 0 aromatic carbocycles. The fraction of sp³-hybridized carbons (Fsp3) is 0.333. The van der Waals surface area contributed by atoms with E-state index in [-0.39, 0.29) is 17.1 Å². The summed E-state index contributed by atoms with van der Waals surface area (Å²) >= 11 is 0. The minimum absolute atomic E-state index is 0. The monoisotopic (exact) mass is 271 g/mol. The van der Waals surface area contributed by atoms with Gasteiger partial charge in [0, 0.05) is 6.54 Å². The Kier molecular flexibility index (Phi) is 13.3. The summed E-state index contributed by atoms with van der Waals surface area (Å²) < 4.78 is 0. The first-order valence-corrected chi connectivity index (χ1v) is 6.01. The molecule has 2 rings (SSSR count). The van der Waals surface area contributed by atoms with Gasteiger partial charge in [0.25, 0.3) is 0 Å². The molecule has 0 saturated heterocycles. The summed E-state index contributed by atoms with van der Waals surface area (Å²) in [6, 6.07) is 0. The Morgan fingerprint density at radius 1 is 0.882 bits per heavy atom. The number of rotatable bonds is 5. The van der Waals surface area contributed by atoms with Gasteiger partial charge < -0.3 is 5.32 Å². The minimum atomic E-state index is 0. The van der Waals surface area contributed by atoms with E-state index in [1.807, 2.05) is 32.1 Å². The molecule has 17 heavy (non-hydrogen) atoms. The third-order valence-electron chi connectivity index (χ3n) is 2.32. The molecular weight excluding hydrogens is 250 g/mol. The molecule has 1 N–H and O–H groups in total. The van der Waals surface area contributed by atoms with E-state index in [0.29, 0.717) is 0 Å². The van der Waals surface area contributed by atoms with E-state index in [2.05, 4.69) is 37.9 Å². The van der Waals surface area contributed by atoms with Gasteiger partial charge >= 0.3 is 17.1 Å². The average molecular weight is 271 g/mol. The molecular formula is C15H21FeN+2. The first-order valence-electron chi connectivity index (χ1n) is 6.01. The van der Waals surface area contributed by atoms with Crippen LogP contribution in [0.15, 0.2) is 0 Å². The Bertz CT molecular complexity index is 132. The summed E-state index contributed by atoms with van der Waals surface area (Å²) in [5.74, 6) is 1.39. The van der Waals surface area contributed by atoms with Crippen molar-refractivity contribution in [3.05, 3.63) is 63.7 Å². The van der Waals surface area contributed by atoms with Gasteiger partial charge in [-0.15, -0.1) is 0 Å². The van der Waals surface area contributed by atoms with Gasteiger partial charge in [0.05, 0.1) is 0 Å². The maximum absolute atomic E-state index is 3.39. The summed E-state index contributed by atoms with van der Waals surface area (Å²) in [7, 11) is 0. The van der Waals surface area contributed by atoms with E-state index in [0.717, 1.165) is 13.1 Å². The minimum Gasteiger partial charge on any atom is -0.316 e. The largest absolute Gasteiger partial charge is 2.00 e. The van der Waals surface area contributed by atoms with Crippen LogP contribution in [0.25, 0.3) is 0 Å². The zero-order valence-electron chi connectivity index (χ0n) is 10.4. The van der Waals surface area contributed by atoms with Gasteiger partial charge in [0.15, 0.2) is 0 Å². The molecule has 2 saturated carbocycles. The predicted molar refractivity (Wildman–Crippen MR) is 69.7 cm³/mol. The molecule has 0 aromatic heterocycles. The molecule has 10 radical (unpaired) electrons. The molecule has 0 aliphatic heterocycles. The van der Waals surface area contributed by atoms with Crippen molar-refractivity contribution in [3.8, 4) is 0 Å². The second kappa shape index (κ2) is 12.9. The van der Waals surface area contributed by atoms with Crippen molar-refractivity contribution in [1.82, 2.24) is 5.32 Å². The zero-order chi connectivity index (χ0) is 11.5. The topological polar surface area (TPSA) is 12.0 Å². The molecule has 0 unspecified atom stereocenters. The number of hydrogen-bond donors (Lipinski definition) is 1. The standard InChI is InChI=1S/C10H16N.C5H5.Fe/c1-2-3-8-11-9-10-6-4-5-7-10;1-2-4-5-3-1;/h4-7,11H,2-3,8-9H2,1H3;1-5H;/q;;+2. The van der Waals surface area contributed by atoms with Crippen LogP contribution >= 0.6 is 0 Å². The van der Waals surface area contributed by atoms with Gasteiger partial charge in [-0.3, -0.25) is 0 Å². The van der Waals surface area contributed by atoms with Crippen LogP contribution in [0.1, 0.15) is 19.8 Å². The Balaban J connectivity index is 0.000000360. The van der Waals surface area contributed by atoms with E-state index in [1.165, 1.54) is 18.8 Å². The average Bonchev–Trinajstić information content (AvgIpc) is 2.99. The molecule has 0 atom stereocenters. The molecule has 2 heteroatoms. The summed E-state index contributed by atoms with van der Waals surface area (Å²) in [5.41, 5.74) is 0. The molecule has 0 aromatic rings. The Morgan fingerprint density at radius 2 is 1.41 bits per heavy atom. The molecule has 2 fully saturated rings. The van der Waals surface area contributed by atoms with Crippen molar-refractivity contribution >= 4 is 0 Å². The van der Waals surface area contributed by atoms with Crippen molar-refractivity contribution in [3.63, 3.8) is 0 Å². The van der Waals surface area contributed by atoms with E-state index in [9.17, 15) is 0 Å². The van der Waals surface area contributed by atoms with Gasteiger partial charge in [0.1, 0.15) is 0 Å². The zero-order valence-corrected chi connectivity index (χ0v) is 11.5. The van der Waals surface area contributed by atoms with Crippen molar-refractivity contribution in [2.24, 2.45) is 0 Å². The number of nitrogens with one attached hydrogen (secondary N) is 1. The Hall–Kier alpha value is 0.479. The van der Waals surface area contributed by atoms with Crippen molar-refractivity contribution in [1.29, 1.82) is 0 Å².